The third kappa shape index (κ3) is 8.50. The first-order chi connectivity index (χ1) is 17.4. The van der Waals surface area contributed by atoms with Crippen LogP contribution in [0.3, 0.4) is 0 Å². The van der Waals surface area contributed by atoms with Crippen LogP contribution in [-0.2, 0) is 35.2 Å². The molecule has 0 fully saturated rings. The smallest absolute Gasteiger partial charge is 0.326 e. The van der Waals surface area contributed by atoms with Crippen LogP contribution in [0.1, 0.15) is 18.4 Å². The Morgan fingerprint density at radius 1 is 0.838 bits per heavy atom. The number of para-hydroxylation sites is 1. The number of aromatic amines is 1. The Morgan fingerprint density at radius 3 is 2.00 bits per heavy atom. The van der Waals surface area contributed by atoms with Gasteiger partial charge in [0, 0.05) is 29.3 Å². The monoisotopic (exact) mass is 537 g/mol. The van der Waals surface area contributed by atoms with E-state index in [2.05, 4.69) is 28.2 Å². The van der Waals surface area contributed by atoms with Gasteiger partial charge in [-0.05, 0) is 11.6 Å². The van der Waals surface area contributed by atoms with Gasteiger partial charge in [0.2, 0.25) is 17.7 Å². The molecule has 4 unspecified atom stereocenters. The van der Waals surface area contributed by atoms with Gasteiger partial charge >= 0.3 is 17.9 Å². The van der Waals surface area contributed by atoms with Gasteiger partial charge in [-0.2, -0.15) is 12.6 Å². The van der Waals surface area contributed by atoms with E-state index in [9.17, 15) is 28.8 Å². The first kappa shape index (κ1) is 29.1. The average molecular weight is 538 g/mol. The second kappa shape index (κ2) is 13.3. The van der Waals surface area contributed by atoms with Crippen molar-refractivity contribution in [3.8, 4) is 0 Å². The quantitative estimate of drug-likeness (QED) is 0.126. The van der Waals surface area contributed by atoms with Crippen molar-refractivity contribution in [2.75, 3.05) is 5.75 Å². The summed E-state index contributed by atoms with van der Waals surface area (Å²) in [4.78, 5) is 74.3. The summed E-state index contributed by atoms with van der Waals surface area (Å²) in [5.41, 5.74) is 7.01. The molecule has 4 atom stereocenters. The molecular formula is C22H27N5O9S. The summed E-state index contributed by atoms with van der Waals surface area (Å²) in [5.74, 6) is -7.43. The number of aliphatic carboxylic acids is 3. The van der Waals surface area contributed by atoms with Gasteiger partial charge in [0.25, 0.3) is 0 Å². The number of carbonyl (C=O) groups excluding carboxylic acids is 3. The molecule has 2 rings (SSSR count). The van der Waals surface area contributed by atoms with Crippen molar-refractivity contribution in [1.29, 1.82) is 0 Å². The summed E-state index contributed by atoms with van der Waals surface area (Å²) in [5, 5.41) is 34.5. The highest BCUT2D eigenvalue weighted by Gasteiger charge is 2.31. The lowest BCUT2D eigenvalue weighted by molar-refractivity contribution is -0.147. The zero-order valence-electron chi connectivity index (χ0n) is 19.3. The van der Waals surface area contributed by atoms with Gasteiger partial charge in [0.15, 0.2) is 0 Å². The Kier molecular flexibility index (Phi) is 10.4. The second-order valence-electron chi connectivity index (χ2n) is 8.07. The molecule has 1 heterocycles. The fourth-order valence-electron chi connectivity index (χ4n) is 3.40. The average Bonchev–Trinajstić information content (AvgIpc) is 3.23. The predicted octanol–water partition coefficient (Wildman–Crippen LogP) is -1.54. The van der Waals surface area contributed by atoms with Crippen LogP contribution < -0.4 is 21.7 Å². The van der Waals surface area contributed by atoms with Gasteiger partial charge in [-0.3, -0.25) is 24.0 Å². The lowest BCUT2D eigenvalue weighted by atomic mass is 10.0. The molecular weight excluding hydrogens is 510 g/mol. The zero-order valence-corrected chi connectivity index (χ0v) is 20.2. The van der Waals surface area contributed by atoms with Crippen molar-refractivity contribution in [3.63, 3.8) is 0 Å². The number of H-pyrrole nitrogens is 1. The number of fused-ring (bicyclic) bond motifs is 1. The van der Waals surface area contributed by atoms with Gasteiger partial charge in [0.05, 0.1) is 18.9 Å². The van der Waals surface area contributed by atoms with E-state index in [-0.39, 0.29) is 12.2 Å². The second-order valence-corrected chi connectivity index (χ2v) is 8.44. The first-order valence-corrected chi connectivity index (χ1v) is 11.5. The van der Waals surface area contributed by atoms with E-state index < -0.39 is 72.6 Å². The number of nitrogens with two attached hydrogens (primary N) is 1. The Morgan fingerprint density at radius 2 is 1.41 bits per heavy atom. The van der Waals surface area contributed by atoms with Crippen LogP contribution in [0.5, 0.6) is 0 Å². The molecule has 3 amide bonds. The van der Waals surface area contributed by atoms with Crippen LogP contribution in [0.25, 0.3) is 10.9 Å². The van der Waals surface area contributed by atoms with Crippen LogP contribution in [0.4, 0.5) is 0 Å². The van der Waals surface area contributed by atoms with E-state index in [4.69, 9.17) is 21.1 Å². The van der Waals surface area contributed by atoms with Crippen LogP contribution in [0.15, 0.2) is 30.5 Å². The van der Waals surface area contributed by atoms with Crippen LogP contribution in [0, 0.1) is 0 Å². The highest BCUT2D eigenvalue weighted by atomic mass is 32.1. The Balaban J connectivity index is 2.24. The summed E-state index contributed by atoms with van der Waals surface area (Å²) in [6.45, 7) is 0. The highest BCUT2D eigenvalue weighted by molar-refractivity contribution is 7.80. The molecule has 2 aromatic rings. The Bertz CT molecular complexity index is 1180. The minimum Gasteiger partial charge on any atom is -0.481 e. The van der Waals surface area contributed by atoms with E-state index in [0.717, 1.165) is 10.9 Å². The number of carbonyl (C=O) groups is 6. The molecule has 0 saturated carbocycles. The van der Waals surface area contributed by atoms with Crippen molar-refractivity contribution in [2.45, 2.75) is 43.4 Å². The number of hydrogen-bond donors (Lipinski definition) is 9. The van der Waals surface area contributed by atoms with Crippen molar-refractivity contribution >= 4 is 59.2 Å². The van der Waals surface area contributed by atoms with E-state index in [1.807, 2.05) is 5.32 Å². The molecule has 15 heteroatoms. The van der Waals surface area contributed by atoms with Gasteiger partial charge in [-0.25, -0.2) is 4.79 Å². The fraction of sp³-hybridized carbons (Fsp3) is 0.364. The molecule has 0 spiro atoms. The third-order valence-corrected chi connectivity index (χ3v) is 5.64. The van der Waals surface area contributed by atoms with Gasteiger partial charge in [0.1, 0.15) is 18.1 Å². The van der Waals surface area contributed by atoms with Gasteiger partial charge in [-0.15, -0.1) is 0 Å². The molecule has 14 nitrogen and oxygen atoms in total. The Hall–Kier alpha value is -4.11. The predicted molar refractivity (Wildman–Crippen MR) is 132 cm³/mol. The van der Waals surface area contributed by atoms with Crippen LogP contribution in [-0.4, -0.2) is 85.9 Å². The number of thiol groups is 1. The maximum absolute atomic E-state index is 13.1. The number of aromatic nitrogens is 1. The molecule has 0 bridgehead atoms. The topological polar surface area (TPSA) is 241 Å². The van der Waals surface area contributed by atoms with E-state index in [1.54, 1.807) is 30.5 Å². The molecule has 1 aromatic carbocycles. The Labute approximate surface area is 215 Å². The maximum Gasteiger partial charge on any atom is 0.326 e. The normalized spacial score (nSPS) is 14.1. The molecule has 0 aliphatic carbocycles. The summed E-state index contributed by atoms with van der Waals surface area (Å²) in [7, 11) is 0. The number of benzene rings is 1. The minimum atomic E-state index is -1.75. The van der Waals surface area contributed by atoms with E-state index in [1.165, 1.54) is 0 Å². The molecule has 37 heavy (non-hydrogen) atoms. The molecule has 0 aliphatic heterocycles. The number of carboxylic acids is 3. The molecule has 0 saturated heterocycles. The summed E-state index contributed by atoms with van der Waals surface area (Å²) >= 11 is 4.00. The SMILES string of the molecule is NC(CC(=O)O)C(=O)NC(Cc1c[nH]c2ccccc12)C(=O)NC(CS)C(=O)NC(CC(=O)O)C(=O)O. The number of rotatable bonds is 14. The standard InChI is InChI=1S/C22H27N5O9S/c23-12(6-17(28)29)19(32)25-14(5-10-8-24-13-4-2-1-3-11(10)13)20(33)27-16(9-37)21(34)26-15(22(35)36)7-18(30)31/h1-4,8,12,14-16,24,37H,5-7,9,23H2,(H,25,32)(H,26,34)(H,27,33)(H,28,29)(H,30,31)(H,35,36). The molecule has 1 aromatic heterocycles. The van der Waals surface area contributed by atoms with Crippen molar-refractivity contribution in [3.05, 3.63) is 36.0 Å². The summed E-state index contributed by atoms with van der Waals surface area (Å²) < 4.78 is 0. The lowest BCUT2D eigenvalue weighted by Crippen LogP contribution is -2.58. The minimum absolute atomic E-state index is 0.0704. The summed E-state index contributed by atoms with van der Waals surface area (Å²) in [6.07, 6.45) is -0.0242. The van der Waals surface area contributed by atoms with Crippen LogP contribution >= 0.6 is 12.6 Å². The van der Waals surface area contributed by atoms with Crippen molar-refractivity contribution in [2.24, 2.45) is 5.73 Å². The summed E-state index contributed by atoms with van der Waals surface area (Å²) in [6, 6.07) is 1.25. The number of carboxylic acid groups (broad SMARTS) is 3. The van der Waals surface area contributed by atoms with Gasteiger partial charge in [-0.1, -0.05) is 18.2 Å². The fourth-order valence-corrected chi connectivity index (χ4v) is 3.66. The molecule has 200 valence electrons. The largest absolute Gasteiger partial charge is 0.481 e. The number of nitrogens with one attached hydrogen (secondary N) is 4. The van der Waals surface area contributed by atoms with Crippen molar-refractivity contribution in [1.82, 2.24) is 20.9 Å². The third-order valence-electron chi connectivity index (χ3n) is 5.27. The lowest BCUT2D eigenvalue weighted by Gasteiger charge is -2.24. The zero-order chi connectivity index (χ0) is 27.7. The number of hydrogen-bond acceptors (Lipinski definition) is 8. The van der Waals surface area contributed by atoms with Gasteiger partial charge < -0.3 is 42.0 Å². The molecule has 9 N–H and O–H groups in total. The highest BCUT2D eigenvalue weighted by Crippen LogP contribution is 2.19. The van der Waals surface area contributed by atoms with Crippen molar-refractivity contribution < 1.29 is 44.1 Å². The first-order valence-electron chi connectivity index (χ1n) is 10.9. The molecule has 0 aliphatic rings. The number of amides is 3. The maximum atomic E-state index is 13.1. The van der Waals surface area contributed by atoms with Crippen LogP contribution in [0.2, 0.25) is 0 Å². The van der Waals surface area contributed by atoms with E-state index >= 15 is 0 Å². The van der Waals surface area contributed by atoms with E-state index in [0.29, 0.717) is 5.56 Å². The molecule has 0 radical (unpaired) electrons.